The normalized spacial score (nSPS) is 11.8. The summed E-state index contributed by atoms with van der Waals surface area (Å²) in [5.74, 6) is 0. The molecule has 4 heteroatoms. The van der Waals surface area contributed by atoms with Crippen molar-refractivity contribution in [1.82, 2.24) is 0 Å². The van der Waals surface area contributed by atoms with Gasteiger partial charge in [-0.15, -0.1) is 0 Å². The Morgan fingerprint density at radius 2 is 1.86 bits per heavy atom. The molecule has 0 aliphatic heterocycles. The lowest BCUT2D eigenvalue weighted by Gasteiger charge is -2.11. The van der Waals surface area contributed by atoms with E-state index in [0.717, 1.165) is 6.07 Å². The Morgan fingerprint density at radius 1 is 1.21 bits per heavy atom. The van der Waals surface area contributed by atoms with Gasteiger partial charge >= 0.3 is 6.18 Å². The first-order valence-corrected chi connectivity index (χ1v) is 4.24. The predicted octanol–water partition coefficient (Wildman–Crippen LogP) is 3.74. The first kappa shape index (κ1) is 11.0. The van der Waals surface area contributed by atoms with Crippen molar-refractivity contribution in [2.75, 3.05) is 0 Å². The largest absolute Gasteiger partial charge is 0.416 e. The molecule has 0 unspecified atom stereocenters. The quantitative estimate of drug-likeness (QED) is 0.646. The third kappa shape index (κ3) is 2.25. The molecule has 0 radical (unpaired) electrons. The highest BCUT2D eigenvalue weighted by Gasteiger charge is 2.33. The Labute approximate surface area is 79.6 Å². The molecule has 0 saturated heterocycles. The van der Waals surface area contributed by atoms with Crippen LogP contribution in [0.3, 0.4) is 0 Å². The Morgan fingerprint density at radius 3 is 2.29 bits per heavy atom. The Bertz CT molecular complexity index is 314. The highest BCUT2D eigenvalue weighted by molar-refractivity contribution is 5.33. The maximum atomic E-state index is 12.4. The van der Waals surface area contributed by atoms with Crippen LogP contribution in [0, 0.1) is 0 Å². The topological polar surface area (TPSA) is 0 Å². The number of hydrogen-bond acceptors (Lipinski definition) is 0. The fourth-order valence-corrected chi connectivity index (χ4v) is 1.22. The molecule has 0 nitrogen and oxygen atoms in total. The van der Waals surface area contributed by atoms with Crippen molar-refractivity contribution in [2.45, 2.75) is 26.2 Å². The number of alkyl halides is 4. The van der Waals surface area contributed by atoms with Crippen LogP contribution in [0.1, 0.15) is 23.6 Å². The van der Waals surface area contributed by atoms with Crippen LogP contribution >= 0.6 is 0 Å². The lowest BCUT2D eigenvalue weighted by molar-refractivity contribution is -0.138. The van der Waals surface area contributed by atoms with Gasteiger partial charge in [0, 0.05) is 0 Å². The van der Waals surface area contributed by atoms with Crippen LogP contribution < -0.4 is 0 Å². The van der Waals surface area contributed by atoms with Gasteiger partial charge in [-0.3, -0.25) is 0 Å². The summed E-state index contributed by atoms with van der Waals surface area (Å²) in [6.45, 7) is 0.670. The van der Waals surface area contributed by atoms with E-state index < -0.39 is 18.4 Å². The summed E-state index contributed by atoms with van der Waals surface area (Å²) >= 11 is 0. The van der Waals surface area contributed by atoms with E-state index in [1.165, 1.54) is 12.1 Å². The molecule has 0 aliphatic carbocycles. The predicted molar refractivity (Wildman–Crippen MR) is 45.6 cm³/mol. The highest BCUT2D eigenvalue weighted by Crippen LogP contribution is 2.33. The van der Waals surface area contributed by atoms with Crippen LogP contribution in [-0.2, 0) is 19.3 Å². The molecule has 1 aromatic rings. The summed E-state index contributed by atoms with van der Waals surface area (Å²) in [5, 5.41) is 0. The molecule has 0 aromatic heterocycles. The van der Waals surface area contributed by atoms with Gasteiger partial charge in [0.25, 0.3) is 0 Å². The Kier molecular flexibility index (Phi) is 3.13. The Balaban J connectivity index is 3.22. The average Bonchev–Trinajstić information content (AvgIpc) is 2.15. The molecular weight excluding hydrogens is 196 g/mol. The van der Waals surface area contributed by atoms with Crippen molar-refractivity contribution in [3.05, 3.63) is 34.9 Å². The molecule has 0 bridgehead atoms. The lowest BCUT2D eigenvalue weighted by atomic mass is 10.0. The molecule has 0 fully saturated rings. The van der Waals surface area contributed by atoms with Crippen LogP contribution in [0.5, 0.6) is 0 Å². The third-order valence-electron chi connectivity index (χ3n) is 2.03. The molecule has 14 heavy (non-hydrogen) atoms. The summed E-state index contributed by atoms with van der Waals surface area (Å²) in [6, 6.07) is 3.72. The third-order valence-corrected chi connectivity index (χ3v) is 2.03. The van der Waals surface area contributed by atoms with Crippen molar-refractivity contribution in [1.29, 1.82) is 0 Å². The molecule has 0 amide bonds. The molecule has 0 spiro atoms. The number of aryl methyl sites for hydroxylation is 1. The fourth-order valence-electron chi connectivity index (χ4n) is 1.22. The molecular formula is C10H10F4. The van der Waals surface area contributed by atoms with Crippen LogP contribution in [0.25, 0.3) is 0 Å². The van der Waals surface area contributed by atoms with Crippen molar-refractivity contribution in [3.63, 3.8) is 0 Å². The summed E-state index contributed by atoms with van der Waals surface area (Å²) in [7, 11) is 0. The summed E-state index contributed by atoms with van der Waals surface area (Å²) < 4.78 is 49.4. The first-order chi connectivity index (χ1) is 6.49. The van der Waals surface area contributed by atoms with E-state index in [1.807, 2.05) is 0 Å². The van der Waals surface area contributed by atoms with Gasteiger partial charge in [-0.25, -0.2) is 4.39 Å². The van der Waals surface area contributed by atoms with Gasteiger partial charge in [0.15, 0.2) is 0 Å². The molecule has 0 aliphatic rings. The number of rotatable bonds is 2. The van der Waals surface area contributed by atoms with Crippen molar-refractivity contribution >= 4 is 0 Å². The summed E-state index contributed by atoms with van der Waals surface area (Å²) in [4.78, 5) is 0. The molecule has 1 rings (SSSR count). The minimum absolute atomic E-state index is 0.297. The van der Waals surface area contributed by atoms with E-state index in [2.05, 4.69) is 0 Å². The molecule has 0 saturated carbocycles. The first-order valence-electron chi connectivity index (χ1n) is 4.24. The van der Waals surface area contributed by atoms with E-state index in [0.29, 0.717) is 12.0 Å². The molecule has 0 N–H and O–H groups in total. The summed E-state index contributed by atoms with van der Waals surface area (Å²) in [5.41, 5.74) is -0.594. The van der Waals surface area contributed by atoms with E-state index in [-0.39, 0.29) is 5.56 Å². The SMILES string of the molecule is CCc1ccc(CF)c(C(F)(F)F)c1. The maximum Gasteiger partial charge on any atom is 0.416 e. The molecule has 0 heterocycles. The van der Waals surface area contributed by atoms with E-state index in [4.69, 9.17) is 0 Å². The number of hydrogen-bond donors (Lipinski definition) is 0. The molecule has 1 aromatic carbocycles. The molecule has 0 atom stereocenters. The lowest BCUT2D eigenvalue weighted by Crippen LogP contribution is -2.09. The monoisotopic (exact) mass is 206 g/mol. The van der Waals surface area contributed by atoms with Crippen LogP contribution in [-0.4, -0.2) is 0 Å². The number of halogens is 4. The van der Waals surface area contributed by atoms with Crippen molar-refractivity contribution in [3.8, 4) is 0 Å². The van der Waals surface area contributed by atoms with Gasteiger partial charge in [-0.1, -0.05) is 19.1 Å². The van der Waals surface area contributed by atoms with Crippen LogP contribution in [0.15, 0.2) is 18.2 Å². The highest BCUT2D eigenvalue weighted by atomic mass is 19.4. The maximum absolute atomic E-state index is 12.4. The summed E-state index contributed by atoms with van der Waals surface area (Å²) in [6.07, 6.45) is -3.96. The van der Waals surface area contributed by atoms with Crippen LogP contribution in [0.4, 0.5) is 17.6 Å². The second-order valence-electron chi connectivity index (χ2n) is 2.98. The smallest absolute Gasteiger partial charge is 0.246 e. The fraction of sp³-hybridized carbons (Fsp3) is 0.400. The number of benzene rings is 1. The Hall–Kier alpha value is -1.06. The second kappa shape index (κ2) is 3.98. The van der Waals surface area contributed by atoms with Gasteiger partial charge in [-0.2, -0.15) is 13.2 Å². The van der Waals surface area contributed by atoms with Gasteiger partial charge in [0.1, 0.15) is 6.67 Å². The zero-order valence-corrected chi connectivity index (χ0v) is 7.66. The minimum Gasteiger partial charge on any atom is -0.246 e. The van der Waals surface area contributed by atoms with E-state index in [1.54, 1.807) is 6.92 Å². The zero-order chi connectivity index (χ0) is 10.8. The van der Waals surface area contributed by atoms with Gasteiger partial charge in [0.05, 0.1) is 5.56 Å². The van der Waals surface area contributed by atoms with Gasteiger partial charge < -0.3 is 0 Å². The van der Waals surface area contributed by atoms with E-state index >= 15 is 0 Å². The van der Waals surface area contributed by atoms with Gasteiger partial charge in [0.2, 0.25) is 0 Å². The zero-order valence-electron chi connectivity index (χ0n) is 7.66. The average molecular weight is 206 g/mol. The second-order valence-corrected chi connectivity index (χ2v) is 2.98. The molecule has 78 valence electrons. The van der Waals surface area contributed by atoms with Crippen molar-refractivity contribution < 1.29 is 17.6 Å². The van der Waals surface area contributed by atoms with E-state index in [9.17, 15) is 17.6 Å². The van der Waals surface area contributed by atoms with Crippen molar-refractivity contribution in [2.24, 2.45) is 0 Å². The minimum atomic E-state index is -4.47. The standard InChI is InChI=1S/C10H10F4/c1-2-7-3-4-8(6-11)9(5-7)10(12,13)14/h3-5H,2,6H2,1H3. The van der Waals surface area contributed by atoms with Crippen LogP contribution in [0.2, 0.25) is 0 Å². The van der Waals surface area contributed by atoms with Gasteiger partial charge in [-0.05, 0) is 23.6 Å².